The Morgan fingerprint density at radius 3 is 2.60 bits per heavy atom. The molecule has 0 spiro atoms. The largest absolute Gasteiger partial charge is 0.477 e. The quantitative estimate of drug-likeness (QED) is 0.783. The molecule has 0 unspecified atom stereocenters. The molecule has 0 fully saturated rings. The van der Waals surface area contributed by atoms with Crippen LogP contribution in [0.4, 0.5) is 0 Å². The van der Waals surface area contributed by atoms with Gasteiger partial charge in [0.05, 0.1) is 0 Å². The van der Waals surface area contributed by atoms with Crippen LogP contribution in [0.15, 0.2) is 41.0 Å². The Balaban J connectivity index is 2.32. The van der Waals surface area contributed by atoms with Crippen molar-refractivity contribution in [3.05, 3.63) is 52.3 Å². The normalized spacial score (nSPS) is 10.9. The molecule has 0 saturated carbocycles. The standard InChI is InChI=1S/C14H10BrN3O2/c1-8-6-7-18-13(16-8)11(14(19)20)12(17-18)9-2-4-10(15)5-3-9/h2-7H,1H3,(H,19,20). The summed E-state index contributed by atoms with van der Waals surface area (Å²) in [4.78, 5) is 15.8. The molecule has 0 radical (unpaired) electrons. The fourth-order valence-corrected chi connectivity index (χ4v) is 2.29. The molecule has 0 bridgehead atoms. The van der Waals surface area contributed by atoms with Crippen molar-refractivity contribution in [2.24, 2.45) is 0 Å². The zero-order chi connectivity index (χ0) is 14.3. The van der Waals surface area contributed by atoms with Gasteiger partial charge in [0.1, 0.15) is 11.3 Å². The summed E-state index contributed by atoms with van der Waals surface area (Å²) in [5.41, 5.74) is 2.39. The van der Waals surface area contributed by atoms with Crippen LogP contribution in [0.3, 0.4) is 0 Å². The van der Waals surface area contributed by atoms with Crippen molar-refractivity contribution in [1.29, 1.82) is 0 Å². The number of carboxylic acid groups (broad SMARTS) is 1. The second kappa shape index (κ2) is 4.72. The number of rotatable bonds is 2. The van der Waals surface area contributed by atoms with Gasteiger partial charge in [-0.1, -0.05) is 28.1 Å². The third-order valence-electron chi connectivity index (χ3n) is 2.96. The maximum atomic E-state index is 11.5. The molecule has 6 heteroatoms. The van der Waals surface area contributed by atoms with Crippen LogP contribution in [0.5, 0.6) is 0 Å². The number of benzene rings is 1. The fraction of sp³-hybridized carbons (Fsp3) is 0.0714. The van der Waals surface area contributed by atoms with Crippen LogP contribution in [0, 0.1) is 6.92 Å². The third kappa shape index (κ3) is 2.08. The van der Waals surface area contributed by atoms with Gasteiger partial charge in [0.2, 0.25) is 0 Å². The number of halogens is 1. The summed E-state index contributed by atoms with van der Waals surface area (Å²) >= 11 is 3.36. The van der Waals surface area contributed by atoms with E-state index in [4.69, 9.17) is 0 Å². The Bertz CT molecular complexity index is 809. The monoisotopic (exact) mass is 331 g/mol. The van der Waals surface area contributed by atoms with E-state index in [2.05, 4.69) is 26.0 Å². The van der Waals surface area contributed by atoms with Crippen molar-refractivity contribution >= 4 is 27.5 Å². The van der Waals surface area contributed by atoms with Crippen LogP contribution in [-0.4, -0.2) is 25.7 Å². The molecule has 0 aliphatic rings. The number of carbonyl (C=O) groups is 1. The SMILES string of the molecule is Cc1ccn2nc(-c3ccc(Br)cc3)c(C(=O)O)c2n1. The van der Waals surface area contributed by atoms with E-state index in [1.165, 1.54) is 4.52 Å². The third-order valence-corrected chi connectivity index (χ3v) is 3.48. The Hall–Kier alpha value is -2.21. The van der Waals surface area contributed by atoms with Gasteiger partial charge in [-0.15, -0.1) is 0 Å². The van der Waals surface area contributed by atoms with Crippen LogP contribution in [0.1, 0.15) is 16.1 Å². The Morgan fingerprint density at radius 2 is 1.95 bits per heavy atom. The molecule has 0 aliphatic carbocycles. The summed E-state index contributed by atoms with van der Waals surface area (Å²) < 4.78 is 2.42. The zero-order valence-electron chi connectivity index (χ0n) is 10.5. The topological polar surface area (TPSA) is 67.5 Å². The molecule has 0 aliphatic heterocycles. The first-order valence-electron chi connectivity index (χ1n) is 5.91. The molecule has 0 atom stereocenters. The minimum atomic E-state index is -1.03. The van der Waals surface area contributed by atoms with Crippen LogP contribution < -0.4 is 0 Å². The first-order chi connectivity index (χ1) is 9.56. The van der Waals surface area contributed by atoms with Crippen molar-refractivity contribution in [2.45, 2.75) is 6.92 Å². The van der Waals surface area contributed by atoms with Crippen LogP contribution >= 0.6 is 15.9 Å². The molecule has 20 heavy (non-hydrogen) atoms. The molecule has 2 heterocycles. The predicted octanol–water partition coefficient (Wildman–Crippen LogP) is 3.17. The van der Waals surface area contributed by atoms with Gasteiger partial charge in [0.15, 0.2) is 5.65 Å². The molecular formula is C14H10BrN3O2. The molecule has 2 aromatic heterocycles. The first kappa shape index (κ1) is 12.8. The summed E-state index contributed by atoms with van der Waals surface area (Å²) in [6, 6.07) is 9.14. The maximum absolute atomic E-state index is 11.5. The molecule has 3 rings (SSSR count). The van der Waals surface area contributed by atoms with E-state index in [0.29, 0.717) is 11.3 Å². The molecule has 5 nitrogen and oxygen atoms in total. The van der Waals surface area contributed by atoms with Gasteiger partial charge in [-0.05, 0) is 25.1 Å². The number of nitrogens with zero attached hydrogens (tertiary/aromatic N) is 3. The lowest BCUT2D eigenvalue weighted by Gasteiger charge is -1.99. The van der Waals surface area contributed by atoms with Gasteiger partial charge in [-0.3, -0.25) is 0 Å². The Kier molecular flexibility index (Phi) is 3.02. The van der Waals surface area contributed by atoms with Gasteiger partial charge in [-0.2, -0.15) is 5.10 Å². The van der Waals surface area contributed by atoms with Crippen molar-refractivity contribution in [2.75, 3.05) is 0 Å². The highest BCUT2D eigenvalue weighted by Crippen LogP contribution is 2.26. The molecular weight excluding hydrogens is 322 g/mol. The Labute approximate surface area is 123 Å². The van der Waals surface area contributed by atoms with E-state index in [1.807, 2.05) is 31.2 Å². The minimum absolute atomic E-state index is 0.121. The van der Waals surface area contributed by atoms with E-state index in [0.717, 1.165) is 15.7 Å². The number of aryl methyl sites for hydroxylation is 1. The molecule has 1 aromatic carbocycles. The van der Waals surface area contributed by atoms with Crippen molar-refractivity contribution in [3.63, 3.8) is 0 Å². The lowest BCUT2D eigenvalue weighted by molar-refractivity contribution is 0.0699. The highest BCUT2D eigenvalue weighted by Gasteiger charge is 2.21. The van der Waals surface area contributed by atoms with Crippen LogP contribution in [0.25, 0.3) is 16.9 Å². The number of hydrogen-bond acceptors (Lipinski definition) is 3. The van der Waals surface area contributed by atoms with Gasteiger partial charge >= 0.3 is 5.97 Å². The highest BCUT2D eigenvalue weighted by atomic mass is 79.9. The molecule has 100 valence electrons. The number of aromatic carboxylic acids is 1. The number of hydrogen-bond donors (Lipinski definition) is 1. The molecule has 0 amide bonds. The second-order valence-electron chi connectivity index (χ2n) is 4.37. The molecule has 1 N–H and O–H groups in total. The summed E-state index contributed by atoms with van der Waals surface area (Å²) in [5.74, 6) is -1.03. The molecule has 3 aromatic rings. The Morgan fingerprint density at radius 1 is 1.25 bits per heavy atom. The highest BCUT2D eigenvalue weighted by molar-refractivity contribution is 9.10. The van der Waals surface area contributed by atoms with E-state index >= 15 is 0 Å². The second-order valence-corrected chi connectivity index (χ2v) is 5.29. The van der Waals surface area contributed by atoms with Gasteiger partial charge in [0.25, 0.3) is 0 Å². The minimum Gasteiger partial charge on any atom is -0.477 e. The van der Waals surface area contributed by atoms with Crippen LogP contribution in [0.2, 0.25) is 0 Å². The van der Waals surface area contributed by atoms with Gasteiger partial charge in [0, 0.05) is 21.9 Å². The average molecular weight is 332 g/mol. The van der Waals surface area contributed by atoms with Crippen molar-refractivity contribution < 1.29 is 9.90 Å². The average Bonchev–Trinajstić information content (AvgIpc) is 2.78. The van der Waals surface area contributed by atoms with Crippen molar-refractivity contribution in [1.82, 2.24) is 14.6 Å². The number of carboxylic acids is 1. The van der Waals surface area contributed by atoms with Crippen LogP contribution in [-0.2, 0) is 0 Å². The lowest BCUT2D eigenvalue weighted by atomic mass is 10.1. The zero-order valence-corrected chi connectivity index (χ0v) is 12.1. The summed E-state index contributed by atoms with van der Waals surface area (Å²) in [5, 5.41) is 13.8. The van der Waals surface area contributed by atoms with Crippen molar-refractivity contribution in [3.8, 4) is 11.3 Å². The number of aromatic nitrogens is 3. The summed E-state index contributed by atoms with van der Waals surface area (Å²) in [7, 11) is 0. The van der Waals surface area contributed by atoms with E-state index in [9.17, 15) is 9.90 Å². The summed E-state index contributed by atoms with van der Waals surface area (Å²) in [6.07, 6.45) is 1.71. The van der Waals surface area contributed by atoms with E-state index in [-0.39, 0.29) is 5.56 Å². The summed E-state index contributed by atoms with van der Waals surface area (Å²) in [6.45, 7) is 1.82. The molecule has 0 saturated heterocycles. The van der Waals surface area contributed by atoms with E-state index < -0.39 is 5.97 Å². The predicted molar refractivity (Wildman–Crippen MR) is 77.8 cm³/mol. The van der Waals surface area contributed by atoms with Gasteiger partial charge < -0.3 is 5.11 Å². The number of fused-ring (bicyclic) bond motifs is 1. The fourth-order valence-electron chi connectivity index (χ4n) is 2.03. The first-order valence-corrected chi connectivity index (χ1v) is 6.71. The lowest BCUT2D eigenvalue weighted by Crippen LogP contribution is -2.00. The van der Waals surface area contributed by atoms with E-state index in [1.54, 1.807) is 12.3 Å². The smallest absolute Gasteiger partial charge is 0.341 e. The maximum Gasteiger partial charge on any atom is 0.341 e. The van der Waals surface area contributed by atoms with Gasteiger partial charge in [-0.25, -0.2) is 14.3 Å².